The van der Waals surface area contributed by atoms with Gasteiger partial charge in [0, 0.05) is 22.3 Å². The van der Waals surface area contributed by atoms with Gasteiger partial charge in [-0.05, 0) is 36.8 Å². The fourth-order valence-electron chi connectivity index (χ4n) is 1.64. The molecule has 1 heterocycles. The molecule has 0 amide bonds. The fraction of sp³-hybridized carbons (Fsp3) is 0.133. The summed E-state index contributed by atoms with van der Waals surface area (Å²) in [5.41, 5.74) is 8.70. The molecule has 0 saturated carbocycles. The Bertz CT molecular complexity index is 579. The number of rotatable bonds is 4. The normalized spacial score (nSPS) is 10.8. The lowest BCUT2D eigenvalue weighted by Crippen LogP contribution is -1.94. The van der Waals surface area contributed by atoms with Crippen LogP contribution in [0.2, 0.25) is 5.02 Å². The van der Waals surface area contributed by atoms with Crippen LogP contribution in [0.4, 0.5) is 5.82 Å². The standard InChI is InChI=1S/C15H15ClN2O/c1-2-19-8-7-12-9-13(10-18-15(12)17)11-3-5-14(16)6-4-11/h3-10H,2H2,1H3,(H2,17,18)/b8-7+. The molecule has 0 aliphatic heterocycles. The SMILES string of the molecule is CCO/C=C/c1cc(-c2ccc(Cl)cc2)cnc1N. The lowest BCUT2D eigenvalue weighted by molar-refractivity contribution is 0.272. The van der Waals surface area contributed by atoms with Gasteiger partial charge in [-0.25, -0.2) is 4.98 Å². The summed E-state index contributed by atoms with van der Waals surface area (Å²) in [5, 5.41) is 0.712. The molecular formula is C15H15ClN2O. The number of hydrogen-bond donors (Lipinski definition) is 1. The topological polar surface area (TPSA) is 48.1 Å². The third-order valence-electron chi connectivity index (χ3n) is 2.64. The summed E-state index contributed by atoms with van der Waals surface area (Å²) in [6, 6.07) is 9.57. The van der Waals surface area contributed by atoms with Crippen molar-refractivity contribution in [2.45, 2.75) is 6.92 Å². The number of benzene rings is 1. The van der Waals surface area contributed by atoms with E-state index >= 15 is 0 Å². The van der Waals surface area contributed by atoms with E-state index in [0.717, 1.165) is 16.7 Å². The molecule has 0 spiro atoms. The summed E-state index contributed by atoms with van der Waals surface area (Å²) in [4.78, 5) is 4.19. The van der Waals surface area contributed by atoms with E-state index in [1.807, 2.05) is 43.3 Å². The maximum atomic E-state index is 5.88. The van der Waals surface area contributed by atoms with E-state index in [0.29, 0.717) is 17.4 Å². The molecule has 0 atom stereocenters. The summed E-state index contributed by atoms with van der Waals surface area (Å²) >= 11 is 5.88. The van der Waals surface area contributed by atoms with Crippen molar-refractivity contribution in [3.05, 3.63) is 53.4 Å². The molecule has 19 heavy (non-hydrogen) atoms. The first-order valence-electron chi connectivity index (χ1n) is 6.00. The number of aromatic nitrogens is 1. The molecule has 2 rings (SSSR count). The number of nitrogens with two attached hydrogens (primary N) is 1. The summed E-state index contributed by atoms with van der Waals surface area (Å²) < 4.78 is 5.17. The van der Waals surface area contributed by atoms with Gasteiger partial charge >= 0.3 is 0 Å². The van der Waals surface area contributed by atoms with E-state index in [1.54, 1.807) is 12.5 Å². The lowest BCUT2D eigenvalue weighted by atomic mass is 10.1. The minimum atomic E-state index is 0.480. The number of halogens is 1. The van der Waals surface area contributed by atoms with Crippen LogP contribution in [-0.4, -0.2) is 11.6 Å². The van der Waals surface area contributed by atoms with Crippen LogP contribution in [0, 0.1) is 0 Å². The Kier molecular flexibility index (Phi) is 4.42. The molecule has 3 nitrogen and oxygen atoms in total. The number of anilines is 1. The summed E-state index contributed by atoms with van der Waals surface area (Å²) in [6.45, 7) is 2.55. The molecule has 0 radical (unpaired) electrons. The second kappa shape index (κ2) is 6.25. The van der Waals surface area contributed by atoms with Gasteiger partial charge in [0.15, 0.2) is 0 Å². The smallest absolute Gasteiger partial charge is 0.130 e. The van der Waals surface area contributed by atoms with Crippen LogP contribution in [-0.2, 0) is 4.74 Å². The molecule has 0 fully saturated rings. The number of pyridine rings is 1. The monoisotopic (exact) mass is 274 g/mol. The first-order valence-corrected chi connectivity index (χ1v) is 6.38. The third-order valence-corrected chi connectivity index (χ3v) is 2.89. The van der Waals surface area contributed by atoms with E-state index in [4.69, 9.17) is 22.1 Å². The quantitative estimate of drug-likeness (QED) is 0.858. The molecule has 2 N–H and O–H groups in total. The van der Waals surface area contributed by atoms with Gasteiger partial charge in [0.25, 0.3) is 0 Å². The van der Waals surface area contributed by atoms with Gasteiger partial charge in [0.05, 0.1) is 12.9 Å². The van der Waals surface area contributed by atoms with E-state index in [-0.39, 0.29) is 0 Å². The Balaban J connectivity index is 2.32. The Labute approximate surface area is 117 Å². The zero-order valence-corrected chi connectivity index (χ0v) is 11.4. The molecule has 1 aromatic carbocycles. The van der Waals surface area contributed by atoms with Gasteiger partial charge in [-0.2, -0.15) is 0 Å². The fourth-order valence-corrected chi connectivity index (χ4v) is 1.77. The summed E-state index contributed by atoms with van der Waals surface area (Å²) in [7, 11) is 0. The van der Waals surface area contributed by atoms with E-state index < -0.39 is 0 Å². The molecule has 0 saturated heterocycles. The highest BCUT2D eigenvalue weighted by Crippen LogP contribution is 2.24. The van der Waals surface area contributed by atoms with Crippen molar-refractivity contribution >= 4 is 23.5 Å². The number of hydrogen-bond acceptors (Lipinski definition) is 3. The molecule has 2 aromatic rings. The van der Waals surface area contributed by atoms with Gasteiger partial charge in [-0.3, -0.25) is 0 Å². The first kappa shape index (κ1) is 13.4. The van der Waals surface area contributed by atoms with Crippen LogP contribution in [0.5, 0.6) is 0 Å². The number of nitrogens with zero attached hydrogens (tertiary/aromatic N) is 1. The second-order valence-corrected chi connectivity index (χ2v) is 4.40. The van der Waals surface area contributed by atoms with Crippen LogP contribution in [0.3, 0.4) is 0 Å². The number of nitrogen functional groups attached to an aromatic ring is 1. The van der Waals surface area contributed by atoms with Crippen molar-refractivity contribution < 1.29 is 4.74 Å². The largest absolute Gasteiger partial charge is 0.501 e. The summed E-state index contributed by atoms with van der Waals surface area (Å²) in [6.07, 6.45) is 5.18. The minimum absolute atomic E-state index is 0.480. The van der Waals surface area contributed by atoms with Crippen molar-refractivity contribution in [1.29, 1.82) is 0 Å². The Hall–Kier alpha value is -2.00. The van der Waals surface area contributed by atoms with Crippen molar-refractivity contribution in [2.24, 2.45) is 0 Å². The third kappa shape index (κ3) is 3.48. The molecule has 4 heteroatoms. The molecular weight excluding hydrogens is 260 g/mol. The highest BCUT2D eigenvalue weighted by Gasteiger charge is 2.02. The average Bonchev–Trinajstić information content (AvgIpc) is 2.42. The van der Waals surface area contributed by atoms with Gasteiger partial charge in [0.2, 0.25) is 0 Å². The van der Waals surface area contributed by atoms with Crippen molar-refractivity contribution in [3.63, 3.8) is 0 Å². The van der Waals surface area contributed by atoms with Crippen LogP contribution < -0.4 is 5.73 Å². The van der Waals surface area contributed by atoms with Crippen LogP contribution in [0.1, 0.15) is 12.5 Å². The van der Waals surface area contributed by atoms with Crippen molar-refractivity contribution in [1.82, 2.24) is 4.98 Å². The zero-order valence-electron chi connectivity index (χ0n) is 10.6. The van der Waals surface area contributed by atoms with Gasteiger partial charge in [0.1, 0.15) is 5.82 Å². The maximum absolute atomic E-state index is 5.88. The van der Waals surface area contributed by atoms with Crippen molar-refractivity contribution in [3.8, 4) is 11.1 Å². The lowest BCUT2D eigenvalue weighted by Gasteiger charge is -2.05. The molecule has 0 aliphatic rings. The molecule has 1 aromatic heterocycles. The molecule has 0 unspecified atom stereocenters. The number of ether oxygens (including phenoxy) is 1. The van der Waals surface area contributed by atoms with Crippen LogP contribution in [0.15, 0.2) is 42.8 Å². The van der Waals surface area contributed by atoms with Crippen molar-refractivity contribution in [2.75, 3.05) is 12.3 Å². The Morgan fingerprint density at radius 2 is 2.00 bits per heavy atom. The van der Waals surface area contributed by atoms with Gasteiger partial charge < -0.3 is 10.5 Å². The van der Waals surface area contributed by atoms with E-state index in [1.165, 1.54) is 0 Å². The Morgan fingerprint density at radius 3 is 2.68 bits per heavy atom. The van der Waals surface area contributed by atoms with E-state index in [2.05, 4.69) is 4.98 Å². The second-order valence-electron chi connectivity index (χ2n) is 3.96. The zero-order chi connectivity index (χ0) is 13.7. The maximum Gasteiger partial charge on any atom is 0.130 e. The first-order chi connectivity index (χ1) is 9.20. The van der Waals surface area contributed by atoms with Gasteiger partial charge in [-0.15, -0.1) is 0 Å². The predicted molar refractivity (Wildman–Crippen MR) is 79.8 cm³/mol. The molecule has 98 valence electrons. The minimum Gasteiger partial charge on any atom is -0.501 e. The molecule has 0 aliphatic carbocycles. The van der Waals surface area contributed by atoms with Crippen LogP contribution >= 0.6 is 11.6 Å². The average molecular weight is 275 g/mol. The Morgan fingerprint density at radius 1 is 1.26 bits per heavy atom. The van der Waals surface area contributed by atoms with Gasteiger partial charge in [-0.1, -0.05) is 23.7 Å². The molecule has 0 bridgehead atoms. The highest BCUT2D eigenvalue weighted by molar-refractivity contribution is 6.30. The van der Waals surface area contributed by atoms with Crippen LogP contribution in [0.25, 0.3) is 17.2 Å². The van der Waals surface area contributed by atoms with E-state index in [9.17, 15) is 0 Å². The predicted octanol–water partition coefficient (Wildman–Crippen LogP) is 3.99. The highest BCUT2D eigenvalue weighted by atomic mass is 35.5. The summed E-state index contributed by atoms with van der Waals surface area (Å²) in [5.74, 6) is 0.480.